The van der Waals surface area contributed by atoms with E-state index in [1.165, 1.54) is 0 Å². The Morgan fingerprint density at radius 3 is 2.54 bits per heavy atom. The van der Waals surface area contributed by atoms with Crippen molar-refractivity contribution in [3.63, 3.8) is 0 Å². The van der Waals surface area contributed by atoms with Crippen LogP contribution < -0.4 is 5.32 Å². The normalized spacial score (nSPS) is 17.0. The third-order valence-electron chi connectivity index (χ3n) is 6.40. The minimum atomic E-state index is -0.497. The van der Waals surface area contributed by atoms with Crippen LogP contribution in [0.5, 0.6) is 0 Å². The Kier molecular flexibility index (Phi) is 6.29. The Bertz CT molecular complexity index is 1270. The number of carbonyl (C=O) groups excluding carboxylic acids is 2. The lowest BCUT2D eigenvalue weighted by Gasteiger charge is -2.33. The number of halogens is 1. The minimum absolute atomic E-state index is 0.0971. The summed E-state index contributed by atoms with van der Waals surface area (Å²) in [5.74, 6) is 0.239. The first-order valence-corrected chi connectivity index (χ1v) is 12.9. The van der Waals surface area contributed by atoms with E-state index in [-0.39, 0.29) is 23.8 Å². The van der Waals surface area contributed by atoms with Gasteiger partial charge < -0.3 is 15.0 Å². The summed E-state index contributed by atoms with van der Waals surface area (Å²) in [5.41, 5.74) is 2.54. The van der Waals surface area contributed by atoms with Crippen LogP contribution in [0.1, 0.15) is 62.9 Å². The number of piperidine rings is 1. The molecule has 2 aliphatic rings. The van der Waals surface area contributed by atoms with Crippen molar-refractivity contribution in [2.45, 2.75) is 58.1 Å². The number of amides is 1. The van der Waals surface area contributed by atoms with Gasteiger partial charge in [-0.25, -0.2) is 4.79 Å². The maximum atomic E-state index is 13.0. The molecule has 1 aliphatic carbocycles. The summed E-state index contributed by atoms with van der Waals surface area (Å²) in [5, 5.41) is 8.96. The number of ether oxygens (including phenoxy) is 1. The zero-order valence-electron chi connectivity index (χ0n) is 20.3. The average Bonchev–Trinajstić information content (AvgIpc) is 3.56. The van der Waals surface area contributed by atoms with Crippen molar-refractivity contribution < 1.29 is 14.3 Å². The van der Waals surface area contributed by atoms with Gasteiger partial charge in [0.2, 0.25) is 0 Å². The molecule has 2 fully saturated rings. The maximum Gasteiger partial charge on any atom is 0.410 e. The molecular formula is C26H30BrN5O3. The number of hydrogen-bond donors (Lipinski definition) is 1. The Balaban J connectivity index is 1.34. The summed E-state index contributed by atoms with van der Waals surface area (Å²) in [6, 6.07) is 6.08. The quantitative estimate of drug-likeness (QED) is 0.394. The van der Waals surface area contributed by atoms with Crippen molar-refractivity contribution in [2.24, 2.45) is 5.92 Å². The number of carbonyl (C=O) groups is 2. The molecule has 0 unspecified atom stereocenters. The van der Waals surface area contributed by atoms with Crippen LogP contribution in [-0.2, 0) is 4.74 Å². The van der Waals surface area contributed by atoms with Gasteiger partial charge in [0.1, 0.15) is 5.60 Å². The molecule has 2 aromatic heterocycles. The van der Waals surface area contributed by atoms with Crippen LogP contribution in [0.2, 0.25) is 0 Å². The molecule has 8 nitrogen and oxygen atoms in total. The standard InChI is InChI=1S/C26H30BrN5O3/c1-26(2,3)35-25(34)31-10-8-19(9-11-31)32-15-18(13-29-32)30-23-20-12-17(27)6-7-22(20)28-14-21(23)24(33)16-4-5-16/h6-7,12-16,19H,4-5,8-11H2,1-3H3,(H,28,30). The summed E-state index contributed by atoms with van der Waals surface area (Å²) >= 11 is 3.55. The molecule has 9 heteroatoms. The van der Waals surface area contributed by atoms with E-state index in [0.29, 0.717) is 18.7 Å². The van der Waals surface area contributed by atoms with Crippen molar-refractivity contribution in [1.82, 2.24) is 19.7 Å². The molecule has 3 aromatic rings. The number of ketones is 1. The van der Waals surface area contributed by atoms with Crippen LogP contribution >= 0.6 is 15.9 Å². The smallest absolute Gasteiger partial charge is 0.410 e. The largest absolute Gasteiger partial charge is 0.444 e. The van der Waals surface area contributed by atoms with Gasteiger partial charge >= 0.3 is 6.09 Å². The predicted octanol–water partition coefficient (Wildman–Crippen LogP) is 6.10. The second kappa shape index (κ2) is 9.26. The molecule has 1 saturated heterocycles. The van der Waals surface area contributed by atoms with E-state index < -0.39 is 5.60 Å². The minimum Gasteiger partial charge on any atom is -0.444 e. The summed E-state index contributed by atoms with van der Waals surface area (Å²) in [4.78, 5) is 31.7. The van der Waals surface area contributed by atoms with E-state index in [4.69, 9.17) is 4.74 Å². The molecular weight excluding hydrogens is 510 g/mol. The van der Waals surface area contributed by atoms with Crippen LogP contribution in [0, 0.1) is 5.92 Å². The van der Waals surface area contributed by atoms with Crippen LogP contribution in [0.25, 0.3) is 10.9 Å². The maximum absolute atomic E-state index is 13.0. The third-order valence-corrected chi connectivity index (χ3v) is 6.90. The second-order valence-electron chi connectivity index (χ2n) is 10.4. The predicted molar refractivity (Wildman–Crippen MR) is 138 cm³/mol. The number of benzene rings is 1. The highest BCUT2D eigenvalue weighted by atomic mass is 79.9. The highest BCUT2D eigenvalue weighted by molar-refractivity contribution is 9.10. The van der Waals surface area contributed by atoms with Gasteiger partial charge in [-0.15, -0.1) is 0 Å². The first kappa shape index (κ1) is 23.8. The van der Waals surface area contributed by atoms with Crippen molar-refractivity contribution in [2.75, 3.05) is 18.4 Å². The zero-order chi connectivity index (χ0) is 24.7. The molecule has 0 bridgehead atoms. The van der Waals surface area contributed by atoms with Gasteiger partial charge in [0.05, 0.1) is 34.7 Å². The summed E-state index contributed by atoms with van der Waals surface area (Å²) in [7, 11) is 0. The molecule has 0 spiro atoms. The van der Waals surface area contributed by atoms with Crippen molar-refractivity contribution in [1.29, 1.82) is 0 Å². The second-order valence-corrected chi connectivity index (χ2v) is 11.3. The molecule has 3 heterocycles. The number of fused-ring (bicyclic) bond motifs is 1. The Labute approximate surface area is 213 Å². The molecule has 0 radical (unpaired) electrons. The third kappa shape index (κ3) is 5.34. The molecule has 1 N–H and O–H groups in total. The van der Waals surface area contributed by atoms with E-state index in [9.17, 15) is 9.59 Å². The van der Waals surface area contributed by atoms with Gasteiger partial charge in [0.25, 0.3) is 0 Å². The van der Waals surface area contributed by atoms with E-state index in [1.54, 1.807) is 17.3 Å². The Morgan fingerprint density at radius 1 is 1.11 bits per heavy atom. The van der Waals surface area contributed by atoms with E-state index in [1.807, 2.05) is 49.8 Å². The highest BCUT2D eigenvalue weighted by Gasteiger charge is 2.33. The summed E-state index contributed by atoms with van der Waals surface area (Å²) in [6.45, 7) is 6.90. The molecule has 35 heavy (non-hydrogen) atoms. The zero-order valence-corrected chi connectivity index (χ0v) is 21.8. The van der Waals surface area contributed by atoms with Crippen LogP contribution in [0.15, 0.2) is 41.3 Å². The van der Waals surface area contributed by atoms with Crippen LogP contribution in [0.3, 0.4) is 0 Å². The first-order valence-electron chi connectivity index (χ1n) is 12.1. The SMILES string of the molecule is CC(C)(C)OC(=O)N1CCC(n2cc(Nc3c(C(=O)C4CC4)cnc4ccc(Br)cc34)cn2)CC1. The van der Waals surface area contributed by atoms with E-state index >= 15 is 0 Å². The van der Waals surface area contributed by atoms with Crippen molar-refractivity contribution >= 4 is 50.1 Å². The number of anilines is 2. The number of aromatic nitrogens is 3. The van der Waals surface area contributed by atoms with Crippen LogP contribution in [-0.4, -0.2) is 50.2 Å². The van der Waals surface area contributed by atoms with E-state index in [0.717, 1.165) is 52.4 Å². The highest BCUT2D eigenvalue weighted by Crippen LogP contribution is 2.38. The van der Waals surface area contributed by atoms with Gasteiger partial charge in [-0.05, 0) is 64.7 Å². The fraction of sp³-hybridized carbons (Fsp3) is 0.462. The average molecular weight is 540 g/mol. The fourth-order valence-corrected chi connectivity index (χ4v) is 4.80. The molecule has 5 rings (SSSR count). The Hall–Kier alpha value is -2.94. The Morgan fingerprint density at radius 2 is 1.86 bits per heavy atom. The molecule has 184 valence electrons. The number of hydrogen-bond acceptors (Lipinski definition) is 6. The lowest BCUT2D eigenvalue weighted by Crippen LogP contribution is -2.42. The lowest BCUT2D eigenvalue weighted by molar-refractivity contribution is 0.0184. The van der Waals surface area contributed by atoms with Gasteiger partial charge in [-0.2, -0.15) is 5.10 Å². The molecule has 1 amide bonds. The lowest BCUT2D eigenvalue weighted by atomic mass is 10.0. The number of pyridine rings is 1. The number of rotatable bonds is 5. The summed E-state index contributed by atoms with van der Waals surface area (Å²) in [6.07, 6.45) is 8.68. The number of Topliss-reactive ketones (excluding diaryl/α,β-unsaturated/α-hetero) is 1. The monoisotopic (exact) mass is 539 g/mol. The molecule has 1 saturated carbocycles. The molecule has 1 aromatic carbocycles. The van der Waals surface area contributed by atoms with Crippen LogP contribution in [0.4, 0.5) is 16.2 Å². The van der Waals surface area contributed by atoms with Gasteiger partial charge in [-0.1, -0.05) is 15.9 Å². The number of nitrogens with zero attached hydrogens (tertiary/aromatic N) is 4. The van der Waals surface area contributed by atoms with Gasteiger partial charge in [0, 0.05) is 41.3 Å². The fourth-order valence-electron chi connectivity index (χ4n) is 4.44. The van der Waals surface area contributed by atoms with Crippen molar-refractivity contribution in [3.8, 4) is 0 Å². The molecule has 0 atom stereocenters. The molecule has 1 aliphatic heterocycles. The topological polar surface area (TPSA) is 89.4 Å². The van der Waals surface area contributed by atoms with Crippen molar-refractivity contribution in [3.05, 3.63) is 46.8 Å². The summed E-state index contributed by atoms with van der Waals surface area (Å²) < 4.78 is 8.39. The van der Waals surface area contributed by atoms with Gasteiger partial charge in [0.15, 0.2) is 5.78 Å². The van der Waals surface area contributed by atoms with E-state index in [2.05, 4.69) is 31.3 Å². The number of nitrogens with one attached hydrogen (secondary N) is 1. The van der Waals surface area contributed by atoms with Gasteiger partial charge in [-0.3, -0.25) is 14.5 Å². The first-order chi connectivity index (χ1) is 16.7. The number of likely N-dealkylation sites (tertiary alicyclic amines) is 1.